The van der Waals surface area contributed by atoms with Gasteiger partial charge in [0.2, 0.25) is 0 Å². The summed E-state index contributed by atoms with van der Waals surface area (Å²) in [6.45, 7) is 6.72. The second kappa shape index (κ2) is 7.71. The number of unbranched alkanes of at least 4 members (excludes halogenated alkanes) is 2. The number of nitrogens with two attached hydrogens (primary N) is 1. The van der Waals surface area contributed by atoms with Crippen molar-refractivity contribution in [2.24, 2.45) is 5.73 Å². The molecular weight excluding hydrogens is 244 g/mol. The van der Waals surface area contributed by atoms with Crippen LogP contribution in [-0.4, -0.2) is 49.2 Å². The highest BCUT2D eigenvalue weighted by atomic mass is 32.1. The van der Waals surface area contributed by atoms with E-state index in [0.29, 0.717) is 0 Å². The van der Waals surface area contributed by atoms with Crippen LogP contribution in [0, 0.1) is 0 Å². The zero-order chi connectivity index (χ0) is 12.6. The van der Waals surface area contributed by atoms with Crippen LogP contribution in [0.25, 0.3) is 0 Å². The number of aromatic nitrogens is 1. The minimum atomic E-state index is 0.831. The number of anilines is 1. The number of thiazole rings is 1. The highest BCUT2D eigenvalue weighted by molar-refractivity contribution is 7.13. The van der Waals surface area contributed by atoms with E-state index in [0.717, 1.165) is 19.6 Å². The molecule has 1 aliphatic rings. The molecule has 0 spiro atoms. The van der Waals surface area contributed by atoms with Crippen LogP contribution in [0.3, 0.4) is 0 Å². The lowest BCUT2D eigenvalue weighted by atomic mass is 10.2. The zero-order valence-electron chi connectivity index (χ0n) is 11.1. The third-order valence-corrected chi connectivity index (χ3v) is 4.29. The summed E-state index contributed by atoms with van der Waals surface area (Å²) in [7, 11) is 0. The second-order valence-electron chi connectivity index (χ2n) is 4.85. The molecule has 102 valence electrons. The number of nitrogens with zero attached hydrogens (tertiary/aromatic N) is 3. The van der Waals surface area contributed by atoms with Crippen LogP contribution >= 0.6 is 11.3 Å². The van der Waals surface area contributed by atoms with E-state index in [2.05, 4.69) is 20.2 Å². The monoisotopic (exact) mass is 268 g/mol. The summed E-state index contributed by atoms with van der Waals surface area (Å²) in [6, 6.07) is 0. The van der Waals surface area contributed by atoms with Crippen LogP contribution in [0.15, 0.2) is 11.6 Å². The van der Waals surface area contributed by atoms with Gasteiger partial charge in [0, 0.05) is 31.2 Å². The summed E-state index contributed by atoms with van der Waals surface area (Å²) >= 11 is 1.75. The Labute approximate surface area is 114 Å². The molecule has 0 saturated carbocycles. The van der Waals surface area contributed by atoms with Crippen LogP contribution in [0.1, 0.15) is 25.7 Å². The second-order valence-corrected chi connectivity index (χ2v) is 5.72. The molecule has 2 rings (SSSR count). The Hall–Kier alpha value is -0.650. The van der Waals surface area contributed by atoms with Crippen molar-refractivity contribution in [2.75, 3.05) is 44.2 Å². The van der Waals surface area contributed by atoms with Crippen molar-refractivity contribution in [2.45, 2.75) is 25.7 Å². The van der Waals surface area contributed by atoms with Gasteiger partial charge in [-0.05, 0) is 38.9 Å². The van der Waals surface area contributed by atoms with Crippen molar-refractivity contribution in [3.8, 4) is 0 Å². The van der Waals surface area contributed by atoms with E-state index in [-0.39, 0.29) is 0 Å². The van der Waals surface area contributed by atoms with Crippen LogP contribution in [-0.2, 0) is 0 Å². The third kappa shape index (κ3) is 4.23. The maximum atomic E-state index is 5.52. The maximum Gasteiger partial charge on any atom is 0.185 e. The van der Waals surface area contributed by atoms with E-state index in [1.54, 1.807) is 11.3 Å². The van der Waals surface area contributed by atoms with E-state index in [1.807, 2.05) is 6.20 Å². The van der Waals surface area contributed by atoms with E-state index in [9.17, 15) is 0 Å². The molecule has 1 aliphatic heterocycles. The van der Waals surface area contributed by atoms with Crippen molar-refractivity contribution in [3.05, 3.63) is 11.6 Å². The topological polar surface area (TPSA) is 45.4 Å². The van der Waals surface area contributed by atoms with Gasteiger partial charge in [-0.3, -0.25) is 0 Å². The molecule has 1 aromatic heterocycles. The average Bonchev–Trinajstić information content (AvgIpc) is 2.82. The van der Waals surface area contributed by atoms with Crippen molar-refractivity contribution >= 4 is 16.5 Å². The van der Waals surface area contributed by atoms with Gasteiger partial charge in [-0.2, -0.15) is 0 Å². The maximum absolute atomic E-state index is 5.52. The Morgan fingerprint density at radius 3 is 2.89 bits per heavy atom. The highest BCUT2D eigenvalue weighted by Crippen LogP contribution is 2.19. The van der Waals surface area contributed by atoms with Gasteiger partial charge in [0.05, 0.1) is 0 Å². The van der Waals surface area contributed by atoms with E-state index in [1.165, 1.54) is 50.4 Å². The smallest absolute Gasteiger partial charge is 0.185 e. The minimum Gasteiger partial charge on any atom is -0.347 e. The molecule has 2 N–H and O–H groups in total. The summed E-state index contributed by atoms with van der Waals surface area (Å²) in [5.74, 6) is 0. The summed E-state index contributed by atoms with van der Waals surface area (Å²) < 4.78 is 0. The summed E-state index contributed by atoms with van der Waals surface area (Å²) in [6.07, 6.45) is 6.86. The Morgan fingerprint density at radius 2 is 2.11 bits per heavy atom. The zero-order valence-corrected chi connectivity index (χ0v) is 11.9. The van der Waals surface area contributed by atoms with Gasteiger partial charge in [-0.15, -0.1) is 11.3 Å². The molecule has 1 saturated heterocycles. The lowest BCUT2D eigenvalue weighted by Crippen LogP contribution is -2.31. The molecule has 1 fully saturated rings. The molecule has 0 unspecified atom stereocenters. The molecule has 4 nitrogen and oxygen atoms in total. The van der Waals surface area contributed by atoms with Crippen molar-refractivity contribution in [1.82, 2.24) is 9.88 Å². The molecule has 0 bridgehead atoms. The normalized spacial score (nSPS) is 17.9. The van der Waals surface area contributed by atoms with Crippen LogP contribution in [0.5, 0.6) is 0 Å². The summed E-state index contributed by atoms with van der Waals surface area (Å²) in [5, 5.41) is 3.24. The van der Waals surface area contributed by atoms with Gasteiger partial charge in [0.1, 0.15) is 0 Å². The lowest BCUT2D eigenvalue weighted by molar-refractivity contribution is 0.286. The Balaban J connectivity index is 1.71. The quantitative estimate of drug-likeness (QED) is 0.799. The molecule has 0 aliphatic carbocycles. The van der Waals surface area contributed by atoms with E-state index >= 15 is 0 Å². The van der Waals surface area contributed by atoms with Gasteiger partial charge in [-0.1, -0.05) is 6.42 Å². The molecular formula is C13H24N4S. The molecule has 5 heteroatoms. The standard InChI is InChI=1S/C13H24N4S/c14-5-2-1-3-7-16-8-4-9-17(11-10-16)13-15-6-12-18-13/h6,12H,1-5,7-11,14H2. The number of rotatable bonds is 6. The fourth-order valence-corrected chi connectivity index (χ4v) is 3.11. The van der Waals surface area contributed by atoms with E-state index < -0.39 is 0 Å². The van der Waals surface area contributed by atoms with Gasteiger partial charge in [0.25, 0.3) is 0 Å². The van der Waals surface area contributed by atoms with Crippen molar-refractivity contribution in [3.63, 3.8) is 0 Å². The van der Waals surface area contributed by atoms with Gasteiger partial charge >= 0.3 is 0 Å². The Morgan fingerprint density at radius 1 is 1.17 bits per heavy atom. The lowest BCUT2D eigenvalue weighted by Gasteiger charge is -2.21. The summed E-state index contributed by atoms with van der Waals surface area (Å²) in [5.41, 5.74) is 5.52. The first-order valence-corrected chi connectivity index (χ1v) is 7.85. The molecule has 0 radical (unpaired) electrons. The van der Waals surface area contributed by atoms with Gasteiger partial charge in [-0.25, -0.2) is 4.98 Å². The van der Waals surface area contributed by atoms with E-state index in [4.69, 9.17) is 5.73 Å². The summed E-state index contributed by atoms with van der Waals surface area (Å²) in [4.78, 5) is 9.41. The first-order valence-electron chi connectivity index (χ1n) is 6.97. The molecule has 0 amide bonds. The molecule has 1 aromatic rings. The molecule has 18 heavy (non-hydrogen) atoms. The van der Waals surface area contributed by atoms with Gasteiger partial charge < -0.3 is 15.5 Å². The number of hydrogen-bond acceptors (Lipinski definition) is 5. The molecule has 0 aromatic carbocycles. The third-order valence-electron chi connectivity index (χ3n) is 3.46. The van der Waals surface area contributed by atoms with Crippen LogP contribution in [0.2, 0.25) is 0 Å². The predicted molar refractivity (Wildman–Crippen MR) is 78.3 cm³/mol. The number of hydrogen-bond donors (Lipinski definition) is 1. The SMILES string of the molecule is NCCCCCN1CCCN(c2nccs2)CC1. The highest BCUT2D eigenvalue weighted by Gasteiger charge is 2.15. The first kappa shape index (κ1) is 13.8. The van der Waals surface area contributed by atoms with Crippen LogP contribution < -0.4 is 10.6 Å². The fraction of sp³-hybridized carbons (Fsp3) is 0.769. The first-order chi connectivity index (χ1) is 8.90. The molecule has 0 atom stereocenters. The average molecular weight is 268 g/mol. The molecule has 2 heterocycles. The van der Waals surface area contributed by atoms with Crippen LogP contribution in [0.4, 0.5) is 5.13 Å². The Bertz CT molecular complexity index is 315. The largest absolute Gasteiger partial charge is 0.347 e. The van der Waals surface area contributed by atoms with Crippen molar-refractivity contribution < 1.29 is 0 Å². The van der Waals surface area contributed by atoms with Crippen molar-refractivity contribution in [1.29, 1.82) is 0 Å². The predicted octanol–water partition coefficient (Wildman–Crippen LogP) is 1.78. The van der Waals surface area contributed by atoms with Gasteiger partial charge in [0.15, 0.2) is 5.13 Å². The Kier molecular flexibility index (Phi) is 5.90. The fourth-order valence-electron chi connectivity index (χ4n) is 2.41. The minimum absolute atomic E-state index is 0.831.